The monoisotopic (exact) mass is 185 g/mol. The molecule has 0 aliphatic heterocycles. The van der Waals surface area contributed by atoms with Gasteiger partial charge in [-0.2, -0.15) is 0 Å². The lowest BCUT2D eigenvalue weighted by atomic mass is 10.1. The molecule has 0 spiro atoms. The fourth-order valence-electron chi connectivity index (χ4n) is 0.787. The van der Waals surface area contributed by atoms with Crippen LogP contribution in [0.2, 0.25) is 0 Å². The zero-order chi connectivity index (χ0) is 10.3. The van der Waals surface area contributed by atoms with Crippen LogP contribution >= 0.6 is 0 Å². The van der Waals surface area contributed by atoms with Crippen molar-refractivity contribution in [3.8, 4) is 0 Å². The number of aliphatic imine (C=N–C) groups is 1. The fraction of sp³-hybridized carbons (Fsp3) is 0.778. The van der Waals surface area contributed by atoms with E-state index < -0.39 is 0 Å². The summed E-state index contributed by atoms with van der Waals surface area (Å²) in [6.45, 7) is 5.09. The molecule has 0 saturated carbocycles. The standard InChI is InChI=1S/C9H19N3O/c1-8(2)5-6-10-9(7-11-13)12(3)4/h7-8,13H,5-6H2,1-4H3. The highest BCUT2D eigenvalue weighted by Gasteiger charge is 1.98. The Morgan fingerprint density at radius 2 is 2.08 bits per heavy atom. The Bertz CT molecular complexity index is 185. The summed E-state index contributed by atoms with van der Waals surface area (Å²) in [5, 5.41) is 11.3. The molecule has 0 aromatic heterocycles. The lowest BCUT2D eigenvalue weighted by molar-refractivity contribution is 0.322. The third-order valence-corrected chi connectivity index (χ3v) is 1.61. The van der Waals surface area contributed by atoms with Crippen molar-refractivity contribution in [2.45, 2.75) is 20.3 Å². The summed E-state index contributed by atoms with van der Waals surface area (Å²) in [7, 11) is 3.74. The average Bonchev–Trinajstić information content (AvgIpc) is 2.02. The molecule has 13 heavy (non-hydrogen) atoms. The van der Waals surface area contributed by atoms with E-state index >= 15 is 0 Å². The van der Waals surface area contributed by atoms with Crippen molar-refractivity contribution in [1.29, 1.82) is 0 Å². The minimum atomic E-state index is 0.651. The number of nitrogens with zero attached hydrogens (tertiary/aromatic N) is 3. The van der Waals surface area contributed by atoms with Gasteiger partial charge in [0.2, 0.25) is 0 Å². The molecule has 0 unspecified atom stereocenters. The lowest BCUT2D eigenvalue weighted by Crippen LogP contribution is -2.23. The van der Waals surface area contributed by atoms with Gasteiger partial charge in [-0.1, -0.05) is 19.0 Å². The van der Waals surface area contributed by atoms with Gasteiger partial charge in [0, 0.05) is 20.6 Å². The maximum atomic E-state index is 8.36. The second kappa shape index (κ2) is 6.46. The van der Waals surface area contributed by atoms with Crippen molar-refractivity contribution < 1.29 is 5.21 Å². The van der Waals surface area contributed by atoms with Gasteiger partial charge in [-0.3, -0.25) is 4.99 Å². The van der Waals surface area contributed by atoms with Crippen LogP contribution in [0.5, 0.6) is 0 Å². The molecule has 0 atom stereocenters. The summed E-state index contributed by atoms with van der Waals surface area (Å²) in [6, 6.07) is 0. The molecule has 0 aliphatic rings. The Kier molecular flexibility index (Phi) is 5.93. The lowest BCUT2D eigenvalue weighted by Gasteiger charge is -2.11. The molecule has 0 bridgehead atoms. The van der Waals surface area contributed by atoms with Gasteiger partial charge in [-0.15, -0.1) is 0 Å². The van der Waals surface area contributed by atoms with E-state index in [9.17, 15) is 0 Å². The summed E-state index contributed by atoms with van der Waals surface area (Å²) in [5.74, 6) is 1.35. The molecular weight excluding hydrogens is 166 g/mol. The largest absolute Gasteiger partial charge is 0.411 e. The molecule has 0 radical (unpaired) electrons. The summed E-state index contributed by atoms with van der Waals surface area (Å²) in [4.78, 5) is 6.11. The summed E-state index contributed by atoms with van der Waals surface area (Å²) < 4.78 is 0. The second-order valence-electron chi connectivity index (χ2n) is 3.56. The molecule has 0 aromatic rings. The molecule has 0 aromatic carbocycles. The number of oxime groups is 1. The fourth-order valence-corrected chi connectivity index (χ4v) is 0.787. The van der Waals surface area contributed by atoms with E-state index in [1.807, 2.05) is 19.0 Å². The van der Waals surface area contributed by atoms with Crippen LogP contribution in [0.15, 0.2) is 10.1 Å². The number of hydrogen-bond acceptors (Lipinski definition) is 3. The van der Waals surface area contributed by atoms with Gasteiger partial charge in [0.05, 0.1) is 0 Å². The summed E-state index contributed by atoms with van der Waals surface area (Å²) in [5.41, 5.74) is 0. The zero-order valence-electron chi connectivity index (χ0n) is 8.86. The van der Waals surface area contributed by atoms with Crippen LogP contribution in [0, 0.1) is 5.92 Å². The molecule has 0 rings (SSSR count). The van der Waals surface area contributed by atoms with E-state index in [4.69, 9.17) is 5.21 Å². The van der Waals surface area contributed by atoms with Crippen LogP contribution in [0.3, 0.4) is 0 Å². The normalized spacial score (nSPS) is 12.8. The van der Waals surface area contributed by atoms with Crippen LogP contribution in [0.4, 0.5) is 0 Å². The minimum Gasteiger partial charge on any atom is -0.411 e. The van der Waals surface area contributed by atoms with Gasteiger partial charge in [0.25, 0.3) is 0 Å². The number of amidine groups is 1. The van der Waals surface area contributed by atoms with Gasteiger partial charge >= 0.3 is 0 Å². The zero-order valence-corrected chi connectivity index (χ0v) is 8.86. The molecular formula is C9H19N3O. The van der Waals surface area contributed by atoms with E-state index in [0.29, 0.717) is 11.8 Å². The first kappa shape index (κ1) is 11.9. The van der Waals surface area contributed by atoms with Crippen molar-refractivity contribution in [3.05, 3.63) is 0 Å². The highest BCUT2D eigenvalue weighted by Crippen LogP contribution is 1.98. The first-order valence-electron chi connectivity index (χ1n) is 4.47. The third kappa shape index (κ3) is 6.13. The molecule has 4 heteroatoms. The van der Waals surface area contributed by atoms with Crippen molar-refractivity contribution in [1.82, 2.24) is 4.90 Å². The maximum Gasteiger partial charge on any atom is 0.145 e. The summed E-state index contributed by atoms with van der Waals surface area (Å²) >= 11 is 0. The van der Waals surface area contributed by atoms with Gasteiger partial charge in [-0.25, -0.2) is 0 Å². The highest BCUT2D eigenvalue weighted by molar-refractivity contribution is 6.28. The van der Waals surface area contributed by atoms with Gasteiger partial charge < -0.3 is 10.1 Å². The number of hydrogen-bond donors (Lipinski definition) is 1. The molecule has 0 fully saturated rings. The van der Waals surface area contributed by atoms with E-state index in [2.05, 4.69) is 24.0 Å². The van der Waals surface area contributed by atoms with Crippen molar-refractivity contribution in [3.63, 3.8) is 0 Å². The quantitative estimate of drug-likeness (QED) is 0.312. The van der Waals surface area contributed by atoms with Crippen molar-refractivity contribution in [2.75, 3.05) is 20.6 Å². The molecule has 4 nitrogen and oxygen atoms in total. The predicted octanol–water partition coefficient (Wildman–Crippen LogP) is 1.45. The van der Waals surface area contributed by atoms with Crippen LogP contribution < -0.4 is 0 Å². The van der Waals surface area contributed by atoms with Gasteiger partial charge in [0.1, 0.15) is 12.1 Å². The first-order valence-corrected chi connectivity index (χ1v) is 4.47. The van der Waals surface area contributed by atoms with E-state index in [1.165, 1.54) is 6.21 Å². The molecule has 0 aliphatic carbocycles. The van der Waals surface area contributed by atoms with Crippen LogP contribution in [-0.2, 0) is 0 Å². The molecule has 0 heterocycles. The van der Waals surface area contributed by atoms with Crippen LogP contribution in [0.25, 0.3) is 0 Å². The van der Waals surface area contributed by atoms with Gasteiger partial charge in [-0.05, 0) is 12.3 Å². The highest BCUT2D eigenvalue weighted by atomic mass is 16.4. The SMILES string of the molecule is CC(C)CCN=C(C=NO)N(C)C. The Hall–Kier alpha value is -1.06. The van der Waals surface area contributed by atoms with Crippen molar-refractivity contribution >= 4 is 12.1 Å². The Morgan fingerprint density at radius 1 is 1.46 bits per heavy atom. The molecule has 0 saturated heterocycles. The van der Waals surface area contributed by atoms with Crippen LogP contribution in [0.1, 0.15) is 20.3 Å². The predicted molar refractivity (Wildman–Crippen MR) is 55.7 cm³/mol. The van der Waals surface area contributed by atoms with E-state index in [0.717, 1.165) is 13.0 Å². The molecule has 0 amide bonds. The maximum absolute atomic E-state index is 8.36. The first-order chi connectivity index (χ1) is 6.07. The van der Waals surface area contributed by atoms with Crippen LogP contribution in [-0.4, -0.2) is 42.8 Å². The van der Waals surface area contributed by atoms with Crippen molar-refractivity contribution in [2.24, 2.45) is 16.1 Å². The molecule has 1 N–H and O–H groups in total. The second-order valence-corrected chi connectivity index (χ2v) is 3.56. The Morgan fingerprint density at radius 3 is 2.46 bits per heavy atom. The topological polar surface area (TPSA) is 48.2 Å². The minimum absolute atomic E-state index is 0.651. The smallest absolute Gasteiger partial charge is 0.145 e. The third-order valence-electron chi connectivity index (χ3n) is 1.61. The Balaban J connectivity index is 4.04. The van der Waals surface area contributed by atoms with Gasteiger partial charge in [0.15, 0.2) is 0 Å². The Labute approximate surface area is 80.0 Å². The molecule has 76 valence electrons. The van der Waals surface area contributed by atoms with E-state index in [-0.39, 0.29) is 0 Å². The summed E-state index contributed by atoms with van der Waals surface area (Å²) in [6.07, 6.45) is 2.40. The average molecular weight is 185 g/mol. The number of rotatable bonds is 4. The van der Waals surface area contributed by atoms with E-state index in [1.54, 1.807) is 0 Å².